The number of aromatic hydroxyl groups is 1. The molecular formula is C23H17Cl2NO2. The number of aromatic nitrogens is 1. The van der Waals surface area contributed by atoms with Crippen molar-refractivity contribution in [2.75, 3.05) is 0 Å². The number of hydrogen-bond acceptors (Lipinski definition) is 3. The molecule has 0 fully saturated rings. The van der Waals surface area contributed by atoms with Gasteiger partial charge in [-0.2, -0.15) is 0 Å². The van der Waals surface area contributed by atoms with Gasteiger partial charge in [0.05, 0.1) is 0 Å². The minimum Gasteiger partial charge on any atom is -0.508 e. The molecular weight excluding hydrogens is 393 g/mol. The summed E-state index contributed by atoms with van der Waals surface area (Å²) in [5.74, 6) is 0.260. The summed E-state index contributed by atoms with van der Waals surface area (Å²) in [5.41, 5.74) is 5.23. The van der Waals surface area contributed by atoms with Gasteiger partial charge in [-0.3, -0.25) is 0 Å². The molecule has 0 spiro atoms. The van der Waals surface area contributed by atoms with E-state index in [1.807, 2.05) is 36.4 Å². The molecule has 5 heteroatoms. The minimum absolute atomic E-state index is 0.260. The maximum atomic E-state index is 9.55. The maximum absolute atomic E-state index is 9.55. The molecule has 0 atom stereocenters. The molecule has 0 aliphatic heterocycles. The Labute approximate surface area is 172 Å². The monoisotopic (exact) mass is 409 g/mol. The third-order valence-corrected chi connectivity index (χ3v) is 4.97. The van der Waals surface area contributed by atoms with E-state index in [2.05, 4.69) is 17.1 Å². The van der Waals surface area contributed by atoms with E-state index < -0.39 is 0 Å². The third-order valence-electron chi connectivity index (χ3n) is 4.56. The predicted octanol–water partition coefficient (Wildman–Crippen LogP) is 6.71. The van der Waals surface area contributed by atoms with Crippen molar-refractivity contribution in [3.05, 3.63) is 100.0 Å². The zero-order valence-corrected chi connectivity index (χ0v) is 16.4. The van der Waals surface area contributed by atoms with Crippen LogP contribution in [-0.2, 0) is 12.8 Å². The van der Waals surface area contributed by atoms with E-state index in [9.17, 15) is 5.11 Å². The van der Waals surface area contributed by atoms with Crippen molar-refractivity contribution >= 4 is 39.7 Å². The second-order valence-electron chi connectivity index (χ2n) is 6.57. The highest BCUT2D eigenvalue weighted by Gasteiger charge is 2.08. The molecule has 4 rings (SSSR count). The van der Waals surface area contributed by atoms with Gasteiger partial charge in [0.25, 0.3) is 0 Å². The van der Waals surface area contributed by atoms with Gasteiger partial charge < -0.3 is 9.52 Å². The van der Waals surface area contributed by atoms with Gasteiger partial charge in [-0.05, 0) is 77.0 Å². The summed E-state index contributed by atoms with van der Waals surface area (Å²) in [7, 11) is 0. The molecule has 4 aromatic rings. The molecule has 2 heterocycles. The van der Waals surface area contributed by atoms with E-state index in [4.69, 9.17) is 27.6 Å². The lowest BCUT2D eigenvalue weighted by atomic mass is 9.95. The molecule has 140 valence electrons. The normalized spacial score (nSPS) is 11.9. The topological polar surface area (TPSA) is 46.3 Å². The second-order valence-corrected chi connectivity index (χ2v) is 7.33. The predicted molar refractivity (Wildman–Crippen MR) is 114 cm³/mol. The van der Waals surface area contributed by atoms with Gasteiger partial charge in [-0.25, -0.2) is 4.98 Å². The van der Waals surface area contributed by atoms with Crippen LogP contribution in [0.5, 0.6) is 5.75 Å². The minimum atomic E-state index is 0.260. The van der Waals surface area contributed by atoms with E-state index in [1.165, 1.54) is 5.57 Å². The fourth-order valence-electron chi connectivity index (χ4n) is 3.10. The highest BCUT2D eigenvalue weighted by molar-refractivity contribution is 6.29. The van der Waals surface area contributed by atoms with Crippen LogP contribution >= 0.6 is 23.2 Å². The second kappa shape index (κ2) is 8.09. The van der Waals surface area contributed by atoms with E-state index in [-0.39, 0.29) is 5.75 Å². The lowest BCUT2D eigenvalue weighted by Crippen LogP contribution is -1.93. The SMILES string of the molecule is Oc1ccc(CC(=CCc2ccc(Cl)nc2)c2ccc3oc(Cl)cc3c2)cc1. The number of rotatable bonds is 5. The number of allylic oxidation sites excluding steroid dienone is 2. The number of phenols is 1. The zero-order valence-electron chi connectivity index (χ0n) is 14.9. The van der Waals surface area contributed by atoms with Crippen LogP contribution in [0.4, 0.5) is 0 Å². The third kappa shape index (κ3) is 4.38. The number of hydrogen-bond donors (Lipinski definition) is 1. The first-order valence-corrected chi connectivity index (χ1v) is 9.59. The molecule has 2 aromatic heterocycles. The molecule has 0 saturated carbocycles. The summed E-state index contributed by atoms with van der Waals surface area (Å²) >= 11 is 11.9. The lowest BCUT2D eigenvalue weighted by Gasteiger charge is -2.10. The fraction of sp³-hybridized carbons (Fsp3) is 0.0870. The highest BCUT2D eigenvalue weighted by atomic mass is 35.5. The lowest BCUT2D eigenvalue weighted by molar-refractivity contribution is 0.475. The van der Waals surface area contributed by atoms with Crippen molar-refractivity contribution in [3.63, 3.8) is 0 Å². The van der Waals surface area contributed by atoms with Gasteiger partial charge in [0.1, 0.15) is 16.5 Å². The van der Waals surface area contributed by atoms with Gasteiger partial charge in [-0.15, -0.1) is 0 Å². The van der Waals surface area contributed by atoms with Crippen LogP contribution in [0.15, 0.2) is 77.4 Å². The van der Waals surface area contributed by atoms with Crippen molar-refractivity contribution < 1.29 is 9.52 Å². The standard InChI is InChI=1S/C23H17Cl2NO2/c24-22-10-4-16(14-26-22)1-5-17(11-15-2-7-20(27)8-3-15)18-6-9-21-19(12-18)13-23(25)28-21/h2-10,12-14,27H,1,11H2. The number of phenolic OH excluding ortho intramolecular Hbond substituents is 1. The van der Waals surface area contributed by atoms with Crippen LogP contribution < -0.4 is 0 Å². The van der Waals surface area contributed by atoms with Crippen molar-refractivity contribution in [1.29, 1.82) is 0 Å². The highest BCUT2D eigenvalue weighted by Crippen LogP contribution is 2.28. The number of furan rings is 1. The van der Waals surface area contributed by atoms with Crippen LogP contribution in [0.25, 0.3) is 16.5 Å². The van der Waals surface area contributed by atoms with Crippen LogP contribution in [-0.4, -0.2) is 10.1 Å². The Morgan fingerprint density at radius 2 is 1.75 bits per heavy atom. The summed E-state index contributed by atoms with van der Waals surface area (Å²) in [6.45, 7) is 0. The summed E-state index contributed by atoms with van der Waals surface area (Å²) < 4.78 is 5.47. The molecule has 3 nitrogen and oxygen atoms in total. The van der Waals surface area contributed by atoms with Crippen LogP contribution in [0.1, 0.15) is 16.7 Å². The fourth-order valence-corrected chi connectivity index (χ4v) is 3.42. The van der Waals surface area contributed by atoms with Crippen LogP contribution in [0, 0.1) is 0 Å². The van der Waals surface area contributed by atoms with Crippen molar-refractivity contribution in [2.24, 2.45) is 0 Å². The summed E-state index contributed by atoms with van der Waals surface area (Å²) in [5, 5.41) is 11.4. The van der Waals surface area contributed by atoms with Gasteiger partial charge in [0, 0.05) is 17.6 Å². The van der Waals surface area contributed by atoms with Gasteiger partial charge in [0.2, 0.25) is 0 Å². The van der Waals surface area contributed by atoms with Gasteiger partial charge >= 0.3 is 0 Å². The quantitative estimate of drug-likeness (QED) is 0.372. The molecule has 0 aliphatic carbocycles. The summed E-state index contributed by atoms with van der Waals surface area (Å²) in [6, 6.07) is 18.9. The average Bonchev–Trinajstić information content (AvgIpc) is 3.07. The first-order valence-electron chi connectivity index (χ1n) is 8.84. The maximum Gasteiger partial charge on any atom is 0.194 e. The number of benzene rings is 2. The smallest absolute Gasteiger partial charge is 0.194 e. The molecule has 0 bridgehead atoms. The summed E-state index contributed by atoms with van der Waals surface area (Å²) in [6.07, 6.45) is 5.46. The average molecular weight is 410 g/mol. The Kier molecular flexibility index (Phi) is 5.38. The van der Waals surface area contributed by atoms with Crippen LogP contribution in [0.3, 0.4) is 0 Å². The molecule has 0 radical (unpaired) electrons. The Bertz CT molecular complexity index is 1130. The summed E-state index contributed by atoms with van der Waals surface area (Å²) in [4.78, 5) is 4.15. The van der Waals surface area contributed by atoms with E-state index >= 15 is 0 Å². The first kappa shape index (κ1) is 18.6. The Hall–Kier alpha value is -2.75. The Morgan fingerprint density at radius 1 is 0.964 bits per heavy atom. The number of pyridine rings is 1. The van der Waals surface area contributed by atoms with Crippen molar-refractivity contribution in [1.82, 2.24) is 4.98 Å². The van der Waals surface area contributed by atoms with E-state index in [1.54, 1.807) is 24.4 Å². The molecule has 1 N–H and O–H groups in total. The van der Waals surface area contributed by atoms with Crippen molar-refractivity contribution in [3.8, 4) is 5.75 Å². The van der Waals surface area contributed by atoms with Gasteiger partial charge in [-0.1, -0.05) is 41.9 Å². The van der Waals surface area contributed by atoms with Crippen molar-refractivity contribution in [2.45, 2.75) is 12.8 Å². The largest absolute Gasteiger partial charge is 0.508 e. The van der Waals surface area contributed by atoms with Gasteiger partial charge in [0.15, 0.2) is 5.22 Å². The molecule has 0 aliphatic rings. The number of halogens is 2. The van der Waals surface area contributed by atoms with E-state index in [0.29, 0.717) is 10.4 Å². The molecule has 0 unspecified atom stereocenters. The van der Waals surface area contributed by atoms with E-state index in [0.717, 1.165) is 40.5 Å². The first-order chi connectivity index (χ1) is 13.6. The molecule has 0 saturated heterocycles. The number of fused-ring (bicyclic) bond motifs is 1. The zero-order chi connectivity index (χ0) is 19.5. The number of nitrogens with zero attached hydrogens (tertiary/aromatic N) is 1. The Morgan fingerprint density at radius 3 is 2.50 bits per heavy atom. The van der Waals surface area contributed by atoms with Crippen LogP contribution in [0.2, 0.25) is 10.4 Å². The molecule has 0 amide bonds. The molecule has 2 aromatic carbocycles. The molecule has 28 heavy (non-hydrogen) atoms. The Balaban J connectivity index is 1.69.